The molecule has 0 aliphatic heterocycles. The molecule has 4 N–H and O–H groups in total. The van der Waals surface area contributed by atoms with Gasteiger partial charge in [-0.05, 0) is 23.2 Å². The van der Waals surface area contributed by atoms with E-state index in [-0.39, 0.29) is 24.8 Å². The number of nitrogens with zero attached hydrogens (tertiary/aromatic N) is 4. The second-order valence-electron chi connectivity index (χ2n) is 5.51. The number of hydrogen-bond acceptors (Lipinski definition) is 6. The molecule has 0 saturated carbocycles. The average Bonchev–Trinajstić information content (AvgIpc) is 3.35. The Hall–Kier alpha value is -2.78. The zero-order valence-corrected chi connectivity index (χ0v) is 16.7. The van der Waals surface area contributed by atoms with E-state index in [4.69, 9.17) is 15.1 Å². The highest BCUT2D eigenvalue weighted by molar-refractivity contribution is 5.85. The molecule has 0 bridgehead atoms. The topological polar surface area (TPSA) is 127 Å². The van der Waals surface area contributed by atoms with Crippen LogP contribution in [0.15, 0.2) is 52.5 Å². The number of imidazole rings is 1. The van der Waals surface area contributed by atoms with Crippen LogP contribution in [0.5, 0.6) is 5.88 Å². The zero-order valence-electron chi connectivity index (χ0n) is 15.1. The molecule has 2 heterocycles. The van der Waals surface area contributed by atoms with Crippen LogP contribution >= 0.6 is 24.8 Å². The van der Waals surface area contributed by atoms with E-state index < -0.39 is 0 Å². The molecule has 0 amide bonds. The van der Waals surface area contributed by atoms with Crippen molar-refractivity contribution in [2.75, 3.05) is 19.7 Å². The summed E-state index contributed by atoms with van der Waals surface area (Å²) in [5.41, 5.74) is 8.38. The van der Waals surface area contributed by atoms with Crippen molar-refractivity contribution in [1.82, 2.24) is 25.6 Å². The van der Waals surface area contributed by atoms with Crippen molar-refractivity contribution in [3.05, 3.63) is 48.5 Å². The molecule has 0 atom stereocenters. The number of halogens is 2. The Labute approximate surface area is 175 Å². The fourth-order valence-corrected chi connectivity index (χ4v) is 2.32. The van der Waals surface area contributed by atoms with Crippen molar-refractivity contribution in [2.24, 2.45) is 10.7 Å². The van der Waals surface area contributed by atoms with Gasteiger partial charge in [-0.3, -0.25) is 4.99 Å². The van der Waals surface area contributed by atoms with Crippen molar-refractivity contribution in [3.8, 4) is 17.1 Å². The molecule has 0 aliphatic carbocycles. The molecule has 1 aromatic carbocycles. The predicted octanol–water partition coefficient (Wildman–Crippen LogP) is 2.22. The number of hydrogen-bond donors (Lipinski definition) is 3. The van der Waals surface area contributed by atoms with Crippen LogP contribution in [0.4, 0.5) is 0 Å². The maximum Gasteiger partial charge on any atom is 0.283 e. The number of H-pyrrole nitrogens is 1. The molecule has 0 fully saturated rings. The molecule has 152 valence electrons. The van der Waals surface area contributed by atoms with E-state index >= 15 is 0 Å². The van der Waals surface area contributed by atoms with Crippen LogP contribution in [-0.2, 0) is 6.42 Å². The van der Waals surface area contributed by atoms with Crippen LogP contribution in [0.3, 0.4) is 0 Å². The number of nitrogens with one attached hydrogen (secondary N) is 2. The predicted molar refractivity (Wildman–Crippen MR) is 111 cm³/mol. The first-order valence-corrected chi connectivity index (χ1v) is 8.35. The SMILES string of the molecule is Cl.Cl.NC(=NCCCc1cnc[nH]1)NCCOc1nonc1-c1ccccc1. The number of nitrogens with two attached hydrogens (primary N) is 1. The first-order valence-electron chi connectivity index (χ1n) is 8.35. The minimum atomic E-state index is 0. The van der Waals surface area contributed by atoms with Crippen molar-refractivity contribution in [3.63, 3.8) is 0 Å². The Kier molecular flexibility index (Phi) is 10.4. The Morgan fingerprint density at radius 1 is 1.21 bits per heavy atom. The molecule has 0 aliphatic rings. The van der Waals surface area contributed by atoms with Gasteiger partial charge in [0, 0.05) is 24.0 Å². The molecule has 2 aromatic heterocycles. The van der Waals surface area contributed by atoms with Gasteiger partial charge < -0.3 is 20.8 Å². The number of aryl methyl sites for hydroxylation is 1. The molecule has 28 heavy (non-hydrogen) atoms. The zero-order chi connectivity index (χ0) is 18.0. The summed E-state index contributed by atoms with van der Waals surface area (Å²) < 4.78 is 10.4. The van der Waals surface area contributed by atoms with Gasteiger partial charge in [-0.2, -0.15) is 0 Å². The summed E-state index contributed by atoms with van der Waals surface area (Å²) in [6, 6.07) is 9.59. The molecule has 0 unspecified atom stereocenters. The minimum Gasteiger partial charge on any atom is -0.472 e. The summed E-state index contributed by atoms with van der Waals surface area (Å²) in [5, 5.41) is 10.7. The van der Waals surface area contributed by atoms with Gasteiger partial charge >= 0.3 is 0 Å². The van der Waals surface area contributed by atoms with E-state index in [1.54, 1.807) is 6.33 Å². The molecule has 3 aromatic rings. The number of aliphatic imine (C=N–C) groups is 1. The maximum absolute atomic E-state index is 5.83. The summed E-state index contributed by atoms with van der Waals surface area (Å²) in [4.78, 5) is 11.3. The third-order valence-corrected chi connectivity index (χ3v) is 3.59. The molecule has 0 saturated heterocycles. The van der Waals surface area contributed by atoms with Gasteiger partial charge in [0.05, 0.1) is 12.9 Å². The van der Waals surface area contributed by atoms with Crippen LogP contribution in [0, 0.1) is 0 Å². The fourth-order valence-electron chi connectivity index (χ4n) is 2.32. The second kappa shape index (κ2) is 12.6. The summed E-state index contributed by atoms with van der Waals surface area (Å²) in [6.07, 6.45) is 5.26. The first-order chi connectivity index (χ1) is 12.8. The lowest BCUT2D eigenvalue weighted by Gasteiger charge is -2.06. The van der Waals surface area contributed by atoms with Crippen molar-refractivity contribution >= 4 is 30.8 Å². The lowest BCUT2D eigenvalue weighted by Crippen LogP contribution is -2.34. The second-order valence-corrected chi connectivity index (χ2v) is 5.51. The van der Waals surface area contributed by atoms with E-state index in [0.717, 1.165) is 24.1 Å². The van der Waals surface area contributed by atoms with E-state index in [0.29, 0.717) is 37.2 Å². The molecular formula is C17H23Cl2N7O2. The van der Waals surface area contributed by atoms with Gasteiger partial charge in [-0.1, -0.05) is 30.3 Å². The normalized spacial score (nSPS) is 10.6. The monoisotopic (exact) mass is 427 g/mol. The van der Waals surface area contributed by atoms with Crippen LogP contribution in [0.1, 0.15) is 12.1 Å². The summed E-state index contributed by atoms with van der Waals surface area (Å²) >= 11 is 0. The third kappa shape index (κ3) is 7.09. The van der Waals surface area contributed by atoms with Crippen molar-refractivity contribution in [1.29, 1.82) is 0 Å². The van der Waals surface area contributed by atoms with E-state index in [1.807, 2.05) is 36.5 Å². The minimum absolute atomic E-state index is 0. The number of guanidine groups is 1. The lowest BCUT2D eigenvalue weighted by atomic mass is 10.2. The van der Waals surface area contributed by atoms with Crippen LogP contribution in [0.25, 0.3) is 11.3 Å². The first kappa shape index (κ1) is 23.3. The molecule has 3 rings (SSSR count). The molecule has 0 spiro atoms. The summed E-state index contributed by atoms with van der Waals surface area (Å²) in [5.74, 6) is 0.743. The molecule has 11 heteroatoms. The Morgan fingerprint density at radius 2 is 2.04 bits per heavy atom. The van der Waals surface area contributed by atoms with Gasteiger partial charge in [0.15, 0.2) is 11.7 Å². The van der Waals surface area contributed by atoms with Crippen molar-refractivity contribution < 1.29 is 9.37 Å². The average molecular weight is 428 g/mol. The van der Waals surface area contributed by atoms with Gasteiger partial charge in [0.25, 0.3) is 5.88 Å². The van der Waals surface area contributed by atoms with Gasteiger partial charge in [-0.15, -0.1) is 24.8 Å². The number of aromatic nitrogens is 4. The highest BCUT2D eigenvalue weighted by Crippen LogP contribution is 2.25. The number of aromatic amines is 1. The Morgan fingerprint density at radius 3 is 2.79 bits per heavy atom. The number of benzene rings is 1. The maximum atomic E-state index is 5.83. The largest absolute Gasteiger partial charge is 0.472 e. The molecular weight excluding hydrogens is 405 g/mol. The standard InChI is InChI=1S/C17H21N7O2.2ClH/c18-17(20-8-4-7-14-11-19-12-22-14)21-9-10-25-16-15(23-26-24-16)13-5-2-1-3-6-13;;/h1-3,5-6,11-12H,4,7-10H2,(H,19,22)(H3,18,20,21);2*1H. The summed E-state index contributed by atoms with van der Waals surface area (Å²) in [7, 11) is 0. The van der Waals surface area contributed by atoms with Crippen molar-refractivity contribution in [2.45, 2.75) is 12.8 Å². The Bertz CT molecular complexity index is 810. The fraction of sp³-hybridized carbons (Fsp3) is 0.294. The van der Waals surface area contributed by atoms with Gasteiger partial charge in [0.1, 0.15) is 6.61 Å². The quantitative estimate of drug-likeness (QED) is 0.271. The third-order valence-electron chi connectivity index (χ3n) is 3.59. The van der Waals surface area contributed by atoms with E-state index in [1.165, 1.54) is 0 Å². The smallest absolute Gasteiger partial charge is 0.283 e. The van der Waals surface area contributed by atoms with Gasteiger partial charge in [0.2, 0.25) is 0 Å². The molecule has 9 nitrogen and oxygen atoms in total. The van der Waals surface area contributed by atoms with E-state index in [2.05, 4.69) is 30.6 Å². The van der Waals surface area contributed by atoms with Crippen LogP contribution in [-0.4, -0.2) is 45.9 Å². The highest BCUT2D eigenvalue weighted by atomic mass is 35.5. The van der Waals surface area contributed by atoms with Gasteiger partial charge in [-0.25, -0.2) is 9.61 Å². The Balaban J connectivity index is 0.00000196. The highest BCUT2D eigenvalue weighted by Gasteiger charge is 2.13. The molecule has 0 radical (unpaired) electrons. The number of ether oxygens (including phenoxy) is 1. The van der Waals surface area contributed by atoms with Crippen LogP contribution < -0.4 is 15.8 Å². The summed E-state index contributed by atoms with van der Waals surface area (Å²) in [6.45, 7) is 1.50. The van der Waals surface area contributed by atoms with Crippen LogP contribution in [0.2, 0.25) is 0 Å². The number of rotatable bonds is 9. The van der Waals surface area contributed by atoms with E-state index in [9.17, 15) is 0 Å². The lowest BCUT2D eigenvalue weighted by molar-refractivity contribution is 0.258.